The number of alkyl halides is 2. The van der Waals surface area contributed by atoms with Gasteiger partial charge in [0.15, 0.2) is 0 Å². The highest BCUT2D eigenvalue weighted by Gasteiger charge is 2.15. The van der Waals surface area contributed by atoms with Crippen molar-refractivity contribution in [3.05, 3.63) is 29.8 Å². The van der Waals surface area contributed by atoms with E-state index in [0.29, 0.717) is 5.92 Å². The number of halogens is 2. The highest BCUT2D eigenvalue weighted by atomic mass is 19.3. The van der Waals surface area contributed by atoms with Gasteiger partial charge in [0.2, 0.25) is 0 Å². The van der Waals surface area contributed by atoms with E-state index in [2.05, 4.69) is 10.1 Å². The molecular formula is C12H15F2NO. The molecule has 0 aliphatic carbocycles. The first kappa shape index (κ1) is 11.3. The van der Waals surface area contributed by atoms with E-state index in [0.717, 1.165) is 19.5 Å². The molecule has 1 aromatic carbocycles. The number of nitrogens with one attached hydrogen (secondary N) is 1. The van der Waals surface area contributed by atoms with Crippen LogP contribution in [0.1, 0.15) is 24.3 Å². The minimum absolute atomic E-state index is 0.225. The van der Waals surface area contributed by atoms with Crippen LogP contribution in [0.5, 0.6) is 5.75 Å². The smallest absolute Gasteiger partial charge is 0.387 e. The van der Waals surface area contributed by atoms with E-state index < -0.39 is 6.61 Å². The zero-order valence-corrected chi connectivity index (χ0v) is 8.96. The van der Waals surface area contributed by atoms with Crippen LogP contribution in [-0.2, 0) is 0 Å². The summed E-state index contributed by atoms with van der Waals surface area (Å²) in [6, 6.07) is 6.96. The SMILES string of the molecule is FC(F)Oc1ccc([C@H]2CCCNC2)cc1. The minimum Gasteiger partial charge on any atom is -0.435 e. The van der Waals surface area contributed by atoms with Crippen molar-refractivity contribution >= 4 is 0 Å². The maximum atomic E-state index is 11.9. The largest absolute Gasteiger partial charge is 0.435 e. The molecule has 0 aromatic heterocycles. The van der Waals surface area contributed by atoms with Crippen molar-refractivity contribution < 1.29 is 13.5 Å². The summed E-state index contributed by atoms with van der Waals surface area (Å²) in [5.74, 6) is 0.719. The van der Waals surface area contributed by atoms with Crippen LogP contribution in [0.2, 0.25) is 0 Å². The topological polar surface area (TPSA) is 21.3 Å². The average molecular weight is 227 g/mol. The van der Waals surface area contributed by atoms with Crippen molar-refractivity contribution in [1.29, 1.82) is 0 Å². The van der Waals surface area contributed by atoms with Gasteiger partial charge >= 0.3 is 6.61 Å². The molecule has 1 aliphatic heterocycles. The molecule has 0 spiro atoms. The second-order valence-electron chi connectivity index (χ2n) is 3.99. The van der Waals surface area contributed by atoms with Gasteiger partial charge in [-0.1, -0.05) is 12.1 Å². The summed E-state index contributed by atoms with van der Waals surface area (Å²) in [4.78, 5) is 0. The van der Waals surface area contributed by atoms with Crippen molar-refractivity contribution in [1.82, 2.24) is 5.32 Å². The van der Waals surface area contributed by atoms with Crippen LogP contribution in [0, 0.1) is 0 Å². The van der Waals surface area contributed by atoms with Gasteiger partial charge in [-0.15, -0.1) is 0 Å². The van der Waals surface area contributed by atoms with Crippen molar-refractivity contribution in [2.45, 2.75) is 25.4 Å². The third-order valence-electron chi connectivity index (χ3n) is 2.87. The van der Waals surface area contributed by atoms with Crippen LogP contribution >= 0.6 is 0 Å². The van der Waals surface area contributed by atoms with Gasteiger partial charge in [0.1, 0.15) is 5.75 Å². The lowest BCUT2D eigenvalue weighted by atomic mass is 9.92. The highest BCUT2D eigenvalue weighted by molar-refractivity contribution is 5.29. The monoisotopic (exact) mass is 227 g/mol. The predicted octanol–water partition coefficient (Wildman–Crippen LogP) is 2.76. The molecule has 0 saturated carbocycles. The molecule has 16 heavy (non-hydrogen) atoms. The molecule has 1 saturated heterocycles. The van der Waals surface area contributed by atoms with E-state index in [1.165, 1.54) is 12.0 Å². The number of piperidine rings is 1. The van der Waals surface area contributed by atoms with E-state index in [-0.39, 0.29) is 5.75 Å². The molecule has 1 heterocycles. The third kappa shape index (κ3) is 2.92. The van der Waals surface area contributed by atoms with E-state index >= 15 is 0 Å². The zero-order chi connectivity index (χ0) is 11.4. The Morgan fingerprint density at radius 3 is 2.56 bits per heavy atom. The van der Waals surface area contributed by atoms with E-state index in [4.69, 9.17) is 0 Å². The van der Waals surface area contributed by atoms with E-state index in [1.807, 2.05) is 12.1 Å². The molecule has 2 nitrogen and oxygen atoms in total. The third-order valence-corrected chi connectivity index (χ3v) is 2.87. The van der Waals surface area contributed by atoms with Crippen LogP contribution < -0.4 is 10.1 Å². The molecular weight excluding hydrogens is 212 g/mol. The molecule has 1 aliphatic rings. The van der Waals surface area contributed by atoms with Crippen molar-refractivity contribution in [3.8, 4) is 5.75 Å². The molecule has 0 unspecified atom stereocenters. The number of hydrogen-bond donors (Lipinski definition) is 1. The summed E-state index contributed by atoms with van der Waals surface area (Å²) in [6.07, 6.45) is 2.32. The van der Waals surface area contributed by atoms with Crippen LogP contribution in [0.15, 0.2) is 24.3 Å². The van der Waals surface area contributed by atoms with Gasteiger partial charge in [-0.2, -0.15) is 8.78 Å². The van der Waals surface area contributed by atoms with Crippen LogP contribution in [0.25, 0.3) is 0 Å². The summed E-state index contributed by atoms with van der Waals surface area (Å²) in [7, 11) is 0. The lowest BCUT2D eigenvalue weighted by Gasteiger charge is -2.23. The van der Waals surface area contributed by atoms with E-state index in [1.54, 1.807) is 12.1 Å². The molecule has 0 bridgehead atoms. The normalized spacial score (nSPS) is 21.1. The van der Waals surface area contributed by atoms with Crippen LogP contribution in [0.3, 0.4) is 0 Å². The molecule has 1 fully saturated rings. The average Bonchev–Trinajstić information content (AvgIpc) is 2.30. The van der Waals surface area contributed by atoms with Crippen molar-refractivity contribution in [2.75, 3.05) is 13.1 Å². The summed E-state index contributed by atoms with van der Waals surface area (Å²) >= 11 is 0. The maximum absolute atomic E-state index is 11.9. The van der Waals surface area contributed by atoms with Crippen LogP contribution in [0.4, 0.5) is 8.78 Å². The molecule has 0 radical (unpaired) electrons. The highest BCUT2D eigenvalue weighted by Crippen LogP contribution is 2.25. The first-order chi connectivity index (χ1) is 7.75. The maximum Gasteiger partial charge on any atom is 0.387 e. The number of hydrogen-bond acceptors (Lipinski definition) is 2. The fraction of sp³-hybridized carbons (Fsp3) is 0.500. The molecule has 0 amide bonds. The number of ether oxygens (including phenoxy) is 1. The minimum atomic E-state index is -2.75. The second-order valence-corrected chi connectivity index (χ2v) is 3.99. The Morgan fingerprint density at radius 1 is 1.25 bits per heavy atom. The van der Waals surface area contributed by atoms with Crippen molar-refractivity contribution in [3.63, 3.8) is 0 Å². The Kier molecular flexibility index (Phi) is 3.72. The standard InChI is InChI=1S/C12H15F2NO/c13-12(14)16-11-5-3-9(4-6-11)10-2-1-7-15-8-10/h3-6,10,12,15H,1-2,7-8H2/t10-/m0/s1. The number of benzene rings is 1. The Labute approximate surface area is 93.6 Å². The Balaban J connectivity index is 2.00. The molecule has 1 N–H and O–H groups in total. The fourth-order valence-corrected chi connectivity index (χ4v) is 2.06. The molecule has 1 atom stereocenters. The Morgan fingerprint density at radius 2 is 2.00 bits per heavy atom. The first-order valence-corrected chi connectivity index (χ1v) is 5.51. The zero-order valence-electron chi connectivity index (χ0n) is 8.96. The fourth-order valence-electron chi connectivity index (χ4n) is 2.06. The molecule has 88 valence electrons. The van der Waals surface area contributed by atoms with Gasteiger partial charge in [0.05, 0.1) is 0 Å². The second kappa shape index (κ2) is 5.25. The summed E-state index contributed by atoms with van der Waals surface area (Å²) in [5, 5.41) is 3.33. The molecule has 2 rings (SSSR count). The van der Waals surface area contributed by atoms with Gasteiger partial charge in [-0.3, -0.25) is 0 Å². The first-order valence-electron chi connectivity index (χ1n) is 5.51. The van der Waals surface area contributed by atoms with Gasteiger partial charge < -0.3 is 10.1 Å². The van der Waals surface area contributed by atoms with Gasteiger partial charge in [0.25, 0.3) is 0 Å². The summed E-state index contributed by atoms with van der Waals surface area (Å²) < 4.78 is 28.2. The van der Waals surface area contributed by atoms with Gasteiger partial charge in [-0.05, 0) is 43.0 Å². The quantitative estimate of drug-likeness (QED) is 0.857. The molecule has 1 aromatic rings. The Hall–Kier alpha value is -1.16. The van der Waals surface area contributed by atoms with Gasteiger partial charge in [-0.25, -0.2) is 0 Å². The van der Waals surface area contributed by atoms with Crippen molar-refractivity contribution in [2.24, 2.45) is 0 Å². The van der Waals surface area contributed by atoms with E-state index in [9.17, 15) is 8.78 Å². The Bertz CT molecular complexity index is 320. The summed E-state index contributed by atoms with van der Waals surface area (Å²) in [6.45, 7) is -0.708. The lowest BCUT2D eigenvalue weighted by Crippen LogP contribution is -2.28. The summed E-state index contributed by atoms with van der Waals surface area (Å²) in [5.41, 5.74) is 1.19. The molecule has 4 heteroatoms. The van der Waals surface area contributed by atoms with Gasteiger partial charge in [0, 0.05) is 6.54 Å². The number of rotatable bonds is 3. The van der Waals surface area contributed by atoms with Crippen LogP contribution in [-0.4, -0.2) is 19.7 Å². The predicted molar refractivity (Wildman–Crippen MR) is 57.9 cm³/mol. The lowest BCUT2D eigenvalue weighted by molar-refractivity contribution is -0.0498.